The highest BCUT2D eigenvalue weighted by atomic mass is 32.2. The van der Waals surface area contributed by atoms with E-state index in [1.54, 1.807) is 11.8 Å². The molecule has 0 aliphatic rings. The van der Waals surface area contributed by atoms with Crippen molar-refractivity contribution in [3.63, 3.8) is 0 Å². The number of nitrogens with two attached hydrogens (primary N) is 1. The molecule has 82 valence electrons. The van der Waals surface area contributed by atoms with Crippen LogP contribution in [0, 0.1) is 12.3 Å². The molecule has 0 heterocycles. The number of aryl methyl sites for hydroxylation is 1. The number of nitrogens with one attached hydrogen (secondary N) is 1. The Morgan fingerprint density at radius 1 is 1.53 bits per heavy atom. The Labute approximate surface area is 94.2 Å². The molecule has 0 saturated carbocycles. The largest absolute Gasteiger partial charge is 0.396 e. The summed E-state index contributed by atoms with van der Waals surface area (Å²) in [6, 6.07) is 5.85. The monoisotopic (exact) mass is 224 g/mol. The lowest BCUT2D eigenvalue weighted by atomic mass is 10.1. The summed E-state index contributed by atoms with van der Waals surface area (Å²) in [6.07, 6.45) is 0.760. The molecule has 3 nitrogen and oxygen atoms in total. The normalized spacial score (nSPS) is 10.3. The van der Waals surface area contributed by atoms with Crippen LogP contribution in [-0.4, -0.2) is 23.3 Å². The van der Waals surface area contributed by atoms with Gasteiger partial charge in [-0.15, -0.1) is 11.8 Å². The molecule has 0 aliphatic carbocycles. The summed E-state index contributed by atoms with van der Waals surface area (Å²) in [5.74, 6) is 0.946. The van der Waals surface area contributed by atoms with Gasteiger partial charge in [0.2, 0.25) is 0 Å². The van der Waals surface area contributed by atoms with Crippen molar-refractivity contribution in [2.75, 3.05) is 12.4 Å². The van der Waals surface area contributed by atoms with Gasteiger partial charge in [-0.05, 0) is 31.0 Å². The zero-order valence-corrected chi connectivity index (χ0v) is 9.60. The highest BCUT2D eigenvalue weighted by Crippen LogP contribution is 2.24. The van der Waals surface area contributed by atoms with Gasteiger partial charge in [-0.3, -0.25) is 5.41 Å². The molecule has 1 aromatic rings. The molecule has 0 unspecified atom stereocenters. The summed E-state index contributed by atoms with van der Waals surface area (Å²) in [7, 11) is 0. The van der Waals surface area contributed by atoms with Crippen molar-refractivity contribution in [1.82, 2.24) is 0 Å². The quantitative estimate of drug-likeness (QED) is 0.309. The molecule has 0 amide bonds. The van der Waals surface area contributed by atoms with E-state index in [0.29, 0.717) is 0 Å². The second-order valence-corrected chi connectivity index (χ2v) is 4.48. The van der Waals surface area contributed by atoms with Crippen LogP contribution >= 0.6 is 11.8 Å². The van der Waals surface area contributed by atoms with Crippen LogP contribution in [0.3, 0.4) is 0 Å². The van der Waals surface area contributed by atoms with E-state index in [1.165, 1.54) is 0 Å². The van der Waals surface area contributed by atoms with Gasteiger partial charge < -0.3 is 10.8 Å². The molecule has 1 aromatic carbocycles. The molecule has 4 N–H and O–H groups in total. The van der Waals surface area contributed by atoms with E-state index in [-0.39, 0.29) is 12.4 Å². The maximum atomic E-state index is 8.70. The Hall–Kier alpha value is -1.00. The topological polar surface area (TPSA) is 70.1 Å². The van der Waals surface area contributed by atoms with E-state index < -0.39 is 0 Å². The van der Waals surface area contributed by atoms with E-state index in [4.69, 9.17) is 16.2 Å². The minimum absolute atomic E-state index is 0.0986. The predicted octanol–water partition coefficient (Wildman–Crippen LogP) is 1.75. The van der Waals surface area contributed by atoms with Gasteiger partial charge in [0.05, 0.1) is 0 Å². The molecular weight excluding hydrogens is 208 g/mol. The number of rotatable bonds is 5. The van der Waals surface area contributed by atoms with Crippen LogP contribution in [0.2, 0.25) is 0 Å². The molecule has 0 atom stereocenters. The van der Waals surface area contributed by atoms with E-state index in [1.807, 2.05) is 25.1 Å². The fourth-order valence-corrected chi connectivity index (χ4v) is 2.31. The fraction of sp³-hybridized carbons (Fsp3) is 0.364. The molecule has 1 rings (SSSR count). The van der Waals surface area contributed by atoms with Crippen LogP contribution in [0.5, 0.6) is 0 Å². The average Bonchev–Trinajstić information content (AvgIpc) is 2.18. The van der Waals surface area contributed by atoms with Gasteiger partial charge in [-0.1, -0.05) is 6.07 Å². The third kappa shape index (κ3) is 3.57. The van der Waals surface area contributed by atoms with Crippen LogP contribution in [0.1, 0.15) is 17.5 Å². The molecule has 0 spiro atoms. The first kappa shape index (κ1) is 12.1. The number of thioether (sulfide) groups is 1. The summed E-state index contributed by atoms with van der Waals surface area (Å²) in [6.45, 7) is 2.22. The van der Waals surface area contributed by atoms with Crippen molar-refractivity contribution in [1.29, 1.82) is 5.41 Å². The molecule has 0 fully saturated rings. The first-order valence-corrected chi connectivity index (χ1v) is 5.82. The number of benzene rings is 1. The van der Waals surface area contributed by atoms with Crippen molar-refractivity contribution in [2.45, 2.75) is 18.2 Å². The highest BCUT2D eigenvalue weighted by Gasteiger charge is 2.05. The first-order valence-electron chi connectivity index (χ1n) is 4.84. The maximum absolute atomic E-state index is 8.70. The van der Waals surface area contributed by atoms with Crippen molar-refractivity contribution in [3.05, 3.63) is 29.3 Å². The Morgan fingerprint density at radius 2 is 2.27 bits per heavy atom. The molecule has 0 aliphatic heterocycles. The van der Waals surface area contributed by atoms with Crippen LogP contribution in [0.25, 0.3) is 0 Å². The van der Waals surface area contributed by atoms with E-state index in [2.05, 4.69) is 0 Å². The molecule has 0 radical (unpaired) electrons. The number of hydrogen-bond donors (Lipinski definition) is 3. The zero-order valence-electron chi connectivity index (χ0n) is 8.79. The number of hydrogen-bond acceptors (Lipinski definition) is 3. The van der Waals surface area contributed by atoms with Crippen LogP contribution in [-0.2, 0) is 0 Å². The number of amidine groups is 1. The lowest BCUT2D eigenvalue weighted by molar-refractivity contribution is 0.296. The van der Waals surface area contributed by atoms with Crippen LogP contribution < -0.4 is 5.73 Å². The van der Waals surface area contributed by atoms with Crippen LogP contribution in [0.15, 0.2) is 23.1 Å². The second kappa shape index (κ2) is 5.78. The Bertz CT molecular complexity index is 352. The van der Waals surface area contributed by atoms with Crippen molar-refractivity contribution >= 4 is 17.6 Å². The van der Waals surface area contributed by atoms with Gasteiger partial charge in [0.1, 0.15) is 5.84 Å². The first-order chi connectivity index (χ1) is 7.15. The minimum atomic E-state index is 0.0986. The molecule has 0 bridgehead atoms. The van der Waals surface area contributed by atoms with Gasteiger partial charge in [0.15, 0.2) is 0 Å². The fourth-order valence-electron chi connectivity index (χ4n) is 1.22. The Kier molecular flexibility index (Phi) is 4.65. The number of aliphatic hydroxyl groups excluding tert-OH is 1. The minimum Gasteiger partial charge on any atom is -0.396 e. The predicted molar refractivity (Wildman–Crippen MR) is 64.6 cm³/mol. The smallest absolute Gasteiger partial charge is 0.123 e. The Morgan fingerprint density at radius 3 is 2.87 bits per heavy atom. The molecule has 15 heavy (non-hydrogen) atoms. The molecule has 0 saturated heterocycles. The number of aliphatic hydroxyl groups is 1. The summed E-state index contributed by atoms with van der Waals surface area (Å²) in [5.41, 5.74) is 7.43. The van der Waals surface area contributed by atoms with Gasteiger partial charge in [-0.2, -0.15) is 0 Å². The summed E-state index contributed by atoms with van der Waals surface area (Å²) >= 11 is 1.63. The summed E-state index contributed by atoms with van der Waals surface area (Å²) in [5, 5.41) is 16.1. The summed E-state index contributed by atoms with van der Waals surface area (Å²) in [4.78, 5) is 1.02. The standard InChI is InChI=1S/C11H16N2OS/c1-8-3-4-9(11(12)13)10(7-8)15-6-2-5-14/h3-4,7,14H,2,5-6H2,1H3,(H3,12,13). The molecule has 4 heteroatoms. The summed E-state index contributed by atoms with van der Waals surface area (Å²) < 4.78 is 0. The third-order valence-corrected chi connectivity index (χ3v) is 3.13. The highest BCUT2D eigenvalue weighted by molar-refractivity contribution is 7.99. The average molecular weight is 224 g/mol. The third-order valence-electron chi connectivity index (χ3n) is 1.99. The second-order valence-electron chi connectivity index (χ2n) is 3.34. The van der Waals surface area contributed by atoms with Gasteiger partial charge in [0.25, 0.3) is 0 Å². The van der Waals surface area contributed by atoms with E-state index >= 15 is 0 Å². The van der Waals surface area contributed by atoms with Crippen molar-refractivity contribution in [3.8, 4) is 0 Å². The van der Waals surface area contributed by atoms with Gasteiger partial charge in [-0.25, -0.2) is 0 Å². The van der Waals surface area contributed by atoms with Gasteiger partial charge >= 0.3 is 0 Å². The van der Waals surface area contributed by atoms with Crippen LogP contribution in [0.4, 0.5) is 0 Å². The maximum Gasteiger partial charge on any atom is 0.123 e. The van der Waals surface area contributed by atoms with Gasteiger partial charge in [0, 0.05) is 22.8 Å². The SMILES string of the molecule is Cc1ccc(C(=N)N)c(SCCCO)c1. The van der Waals surface area contributed by atoms with Crippen molar-refractivity contribution in [2.24, 2.45) is 5.73 Å². The van der Waals surface area contributed by atoms with Crippen molar-refractivity contribution < 1.29 is 5.11 Å². The van der Waals surface area contributed by atoms with E-state index in [9.17, 15) is 0 Å². The lowest BCUT2D eigenvalue weighted by Gasteiger charge is -2.08. The lowest BCUT2D eigenvalue weighted by Crippen LogP contribution is -2.12. The molecular formula is C11H16N2OS. The Balaban J connectivity index is 2.82. The zero-order chi connectivity index (χ0) is 11.3. The van der Waals surface area contributed by atoms with E-state index in [0.717, 1.165) is 28.2 Å². The number of nitrogen functional groups attached to an aromatic ring is 1. The molecule has 0 aromatic heterocycles.